The highest BCUT2D eigenvalue weighted by atomic mass is 16.5. The molecule has 23 heavy (non-hydrogen) atoms. The minimum Gasteiger partial charge on any atom is -0.494 e. The molecule has 1 saturated heterocycles. The number of hydrogen-bond acceptors (Lipinski definition) is 3. The van der Waals surface area contributed by atoms with Crippen molar-refractivity contribution in [1.82, 2.24) is 0 Å². The summed E-state index contributed by atoms with van der Waals surface area (Å²) in [7, 11) is 0. The Labute approximate surface area is 140 Å². The van der Waals surface area contributed by atoms with Crippen LogP contribution in [-0.4, -0.2) is 24.9 Å². The molecule has 2 fully saturated rings. The lowest BCUT2D eigenvalue weighted by Gasteiger charge is -2.40. The summed E-state index contributed by atoms with van der Waals surface area (Å²) in [6.45, 7) is 12.4. The van der Waals surface area contributed by atoms with Crippen LogP contribution in [0.2, 0.25) is 0 Å². The molecule has 4 unspecified atom stereocenters. The van der Waals surface area contributed by atoms with Gasteiger partial charge in [-0.1, -0.05) is 13.3 Å². The summed E-state index contributed by atoms with van der Waals surface area (Å²) < 4.78 is 5.78. The highest BCUT2D eigenvalue weighted by Crippen LogP contribution is 2.62. The van der Waals surface area contributed by atoms with Gasteiger partial charge in [0.05, 0.1) is 18.0 Å². The van der Waals surface area contributed by atoms with Gasteiger partial charge in [-0.25, -0.2) is 0 Å². The smallest absolute Gasteiger partial charge is 0.121 e. The molecule has 3 heteroatoms. The van der Waals surface area contributed by atoms with Gasteiger partial charge in [-0.05, 0) is 58.6 Å². The van der Waals surface area contributed by atoms with E-state index >= 15 is 0 Å². The van der Waals surface area contributed by atoms with E-state index < -0.39 is 0 Å². The molecule has 2 heterocycles. The molecule has 1 aromatic rings. The van der Waals surface area contributed by atoms with Gasteiger partial charge in [-0.15, -0.1) is 0 Å². The Hall–Kier alpha value is -1.38. The number of ether oxygens (including phenoxy) is 1. The standard InChI is InChI=1S/C20H30N2O/c1-6-23-15-9-10-17-18(12-15)22-14(4)16-8-7-11-20(16,5)19(22)21(17)13(2)3/h9-10,12-14,16,19H,6-8,11H2,1-5H3. The largest absolute Gasteiger partial charge is 0.494 e. The van der Waals surface area contributed by atoms with E-state index in [-0.39, 0.29) is 0 Å². The van der Waals surface area contributed by atoms with Crippen LogP contribution in [0.1, 0.15) is 53.9 Å². The average Bonchev–Trinajstić information content (AvgIpc) is 3.10. The summed E-state index contributed by atoms with van der Waals surface area (Å²) >= 11 is 0. The Morgan fingerprint density at radius 1 is 1.30 bits per heavy atom. The fourth-order valence-electron chi connectivity index (χ4n) is 5.75. The van der Waals surface area contributed by atoms with Crippen molar-refractivity contribution in [3.8, 4) is 5.75 Å². The number of anilines is 2. The number of hydrogen-bond donors (Lipinski definition) is 0. The molecule has 0 radical (unpaired) electrons. The van der Waals surface area contributed by atoms with Crippen LogP contribution in [0.15, 0.2) is 18.2 Å². The van der Waals surface area contributed by atoms with Gasteiger partial charge in [-0.3, -0.25) is 0 Å². The molecule has 1 saturated carbocycles. The van der Waals surface area contributed by atoms with Crippen molar-refractivity contribution < 1.29 is 4.74 Å². The van der Waals surface area contributed by atoms with E-state index in [1.165, 1.54) is 30.6 Å². The van der Waals surface area contributed by atoms with Crippen LogP contribution in [0.25, 0.3) is 0 Å². The lowest BCUT2D eigenvalue weighted by molar-refractivity contribution is 0.228. The normalized spacial score (nSPS) is 34.8. The zero-order valence-corrected chi connectivity index (χ0v) is 15.2. The maximum absolute atomic E-state index is 5.78. The van der Waals surface area contributed by atoms with Gasteiger partial charge < -0.3 is 14.5 Å². The third-order valence-corrected chi connectivity index (χ3v) is 6.59. The molecular weight excluding hydrogens is 284 g/mol. The lowest BCUT2D eigenvalue weighted by Crippen LogP contribution is -2.51. The van der Waals surface area contributed by atoms with Crippen LogP contribution in [0.5, 0.6) is 5.75 Å². The van der Waals surface area contributed by atoms with E-state index in [4.69, 9.17) is 4.74 Å². The molecule has 4 atom stereocenters. The lowest BCUT2D eigenvalue weighted by atomic mass is 9.77. The SMILES string of the molecule is CCOc1ccc2c(c1)N1C(C)C3CCCC3(C)C1N2C(C)C. The number of nitrogens with zero attached hydrogens (tertiary/aromatic N) is 2. The zero-order chi connectivity index (χ0) is 16.4. The molecule has 2 aliphatic heterocycles. The highest BCUT2D eigenvalue weighted by molar-refractivity contribution is 5.81. The third-order valence-electron chi connectivity index (χ3n) is 6.59. The summed E-state index contributed by atoms with van der Waals surface area (Å²) in [6, 6.07) is 7.82. The first-order chi connectivity index (χ1) is 11.0. The van der Waals surface area contributed by atoms with E-state index in [0.717, 1.165) is 18.3 Å². The summed E-state index contributed by atoms with van der Waals surface area (Å²) in [6.07, 6.45) is 4.65. The van der Waals surface area contributed by atoms with Crippen molar-refractivity contribution in [2.75, 3.05) is 16.4 Å². The van der Waals surface area contributed by atoms with Crippen LogP contribution < -0.4 is 14.5 Å². The fraction of sp³-hybridized carbons (Fsp3) is 0.700. The van der Waals surface area contributed by atoms with Crippen LogP contribution in [0.3, 0.4) is 0 Å². The molecule has 0 N–H and O–H groups in total. The monoisotopic (exact) mass is 314 g/mol. The first kappa shape index (κ1) is 15.2. The second-order valence-electron chi connectivity index (χ2n) is 8.11. The molecule has 0 bridgehead atoms. The minimum absolute atomic E-state index is 0.411. The van der Waals surface area contributed by atoms with Crippen molar-refractivity contribution in [3.63, 3.8) is 0 Å². The quantitative estimate of drug-likeness (QED) is 0.807. The Balaban J connectivity index is 1.84. The van der Waals surface area contributed by atoms with Gasteiger partial charge in [-0.2, -0.15) is 0 Å². The first-order valence-corrected chi connectivity index (χ1v) is 9.32. The Bertz CT molecular complexity index is 614. The molecule has 0 spiro atoms. The number of rotatable bonds is 3. The maximum atomic E-state index is 5.78. The second-order valence-corrected chi connectivity index (χ2v) is 8.11. The topological polar surface area (TPSA) is 15.7 Å². The van der Waals surface area contributed by atoms with Gasteiger partial charge >= 0.3 is 0 Å². The molecule has 1 aromatic carbocycles. The van der Waals surface area contributed by atoms with Crippen molar-refractivity contribution >= 4 is 11.4 Å². The van der Waals surface area contributed by atoms with Crippen molar-refractivity contribution in [3.05, 3.63) is 18.2 Å². The van der Waals surface area contributed by atoms with Crippen LogP contribution in [0.4, 0.5) is 11.4 Å². The molecule has 1 aliphatic carbocycles. The fourth-order valence-corrected chi connectivity index (χ4v) is 5.75. The van der Waals surface area contributed by atoms with E-state index in [2.05, 4.69) is 62.6 Å². The van der Waals surface area contributed by atoms with Crippen molar-refractivity contribution in [2.24, 2.45) is 11.3 Å². The predicted molar refractivity (Wildman–Crippen MR) is 96.4 cm³/mol. The Morgan fingerprint density at radius 3 is 2.78 bits per heavy atom. The van der Waals surface area contributed by atoms with Gasteiger partial charge in [0, 0.05) is 23.6 Å². The van der Waals surface area contributed by atoms with Crippen molar-refractivity contribution in [1.29, 1.82) is 0 Å². The Kier molecular flexibility index (Phi) is 3.33. The number of benzene rings is 1. The van der Waals surface area contributed by atoms with Crippen LogP contribution in [0, 0.1) is 11.3 Å². The van der Waals surface area contributed by atoms with E-state index in [9.17, 15) is 0 Å². The molecular formula is C20H30N2O. The Morgan fingerprint density at radius 2 is 2.09 bits per heavy atom. The molecule has 4 rings (SSSR count). The minimum atomic E-state index is 0.411. The average molecular weight is 314 g/mol. The van der Waals surface area contributed by atoms with E-state index in [0.29, 0.717) is 23.7 Å². The molecule has 0 aromatic heterocycles. The molecule has 3 aliphatic rings. The van der Waals surface area contributed by atoms with Gasteiger partial charge in [0.2, 0.25) is 0 Å². The summed E-state index contributed by atoms with van der Waals surface area (Å²) in [4.78, 5) is 5.38. The van der Waals surface area contributed by atoms with Gasteiger partial charge in [0.25, 0.3) is 0 Å². The van der Waals surface area contributed by atoms with E-state index in [1.807, 2.05) is 0 Å². The van der Waals surface area contributed by atoms with Crippen LogP contribution in [-0.2, 0) is 0 Å². The molecule has 0 amide bonds. The summed E-state index contributed by atoms with van der Waals surface area (Å²) in [5.41, 5.74) is 3.19. The zero-order valence-electron chi connectivity index (χ0n) is 15.2. The molecule has 126 valence electrons. The van der Waals surface area contributed by atoms with E-state index in [1.54, 1.807) is 0 Å². The number of fused-ring (bicyclic) bond motifs is 5. The summed E-state index contributed by atoms with van der Waals surface area (Å²) in [5, 5.41) is 0. The highest BCUT2D eigenvalue weighted by Gasteiger charge is 2.62. The maximum Gasteiger partial charge on any atom is 0.121 e. The second kappa shape index (κ2) is 5.06. The van der Waals surface area contributed by atoms with Gasteiger partial charge in [0.1, 0.15) is 11.9 Å². The third kappa shape index (κ3) is 1.88. The van der Waals surface area contributed by atoms with Gasteiger partial charge in [0.15, 0.2) is 0 Å². The van der Waals surface area contributed by atoms with Crippen LogP contribution >= 0.6 is 0 Å². The van der Waals surface area contributed by atoms with Crippen molar-refractivity contribution in [2.45, 2.75) is 72.1 Å². The first-order valence-electron chi connectivity index (χ1n) is 9.32. The predicted octanol–water partition coefficient (Wildman–Crippen LogP) is 4.65. The molecule has 3 nitrogen and oxygen atoms in total. The summed E-state index contributed by atoms with van der Waals surface area (Å²) in [5.74, 6) is 1.82.